The van der Waals surface area contributed by atoms with Gasteiger partial charge in [0, 0.05) is 37.2 Å². The molecular weight excluding hydrogens is 326 g/mol. The summed E-state index contributed by atoms with van der Waals surface area (Å²) in [6.07, 6.45) is 4.46. The number of hydrogen-bond acceptors (Lipinski definition) is 4. The minimum absolute atomic E-state index is 0.185. The van der Waals surface area contributed by atoms with Crippen LogP contribution in [0.3, 0.4) is 0 Å². The third-order valence-electron chi connectivity index (χ3n) is 5.06. The number of hydrogen-bond donors (Lipinski definition) is 0. The number of fused-ring (bicyclic) bond motifs is 2. The first-order valence-electron chi connectivity index (χ1n) is 9.17. The van der Waals surface area contributed by atoms with Crippen LogP contribution in [0, 0.1) is 0 Å². The maximum atomic E-state index is 12.4. The molecule has 2 aliphatic rings. The van der Waals surface area contributed by atoms with Gasteiger partial charge < -0.3 is 14.5 Å². The van der Waals surface area contributed by atoms with Gasteiger partial charge >= 0.3 is 6.09 Å². The summed E-state index contributed by atoms with van der Waals surface area (Å²) < 4.78 is 5.55. The van der Waals surface area contributed by atoms with Crippen molar-refractivity contribution in [2.45, 2.75) is 44.9 Å². The molecule has 2 saturated heterocycles. The van der Waals surface area contributed by atoms with Crippen molar-refractivity contribution < 1.29 is 9.53 Å². The summed E-state index contributed by atoms with van der Waals surface area (Å²) >= 11 is 0. The van der Waals surface area contributed by atoms with Crippen LogP contribution in [0.4, 0.5) is 10.5 Å². The molecule has 1 aromatic carbocycles. The number of piperazine rings is 1. The van der Waals surface area contributed by atoms with Gasteiger partial charge in [-0.2, -0.15) is 0 Å². The fourth-order valence-electron chi connectivity index (χ4n) is 3.94. The Hall–Kier alpha value is -2.56. The molecule has 2 fully saturated rings. The molecule has 2 atom stereocenters. The van der Waals surface area contributed by atoms with E-state index >= 15 is 0 Å². The second kappa shape index (κ2) is 6.31. The predicted octanol–water partition coefficient (Wildman–Crippen LogP) is 3.95. The average Bonchev–Trinajstić information content (AvgIpc) is 3.22. The Bertz CT molecular complexity index is 800. The van der Waals surface area contributed by atoms with Crippen molar-refractivity contribution in [2.75, 3.05) is 18.0 Å². The number of pyridine rings is 1. The van der Waals surface area contributed by atoms with Crippen LogP contribution in [0.15, 0.2) is 48.8 Å². The summed E-state index contributed by atoms with van der Waals surface area (Å²) in [5.41, 5.74) is 3.13. The maximum absolute atomic E-state index is 12.4. The van der Waals surface area contributed by atoms with Gasteiger partial charge in [-0.05, 0) is 62.6 Å². The molecule has 0 saturated carbocycles. The quantitative estimate of drug-likeness (QED) is 0.822. The Balaban J connectivity index is 1.49. The zero-order valence-corrected chi connectivity index (χ0v) is 15.6. The van der Waals surface area contributed by atoms with Crippen molar-refractivity contribution in [3.05, 3.63) is 48.8 Å². The summed E-state index contributed by atoms with van der Waals surface area (Å²) in [4.78, 5) is 20.8. The standard InChI is InChI=1S/C21H25N3O2/c1-21(2,3)26-20(25)24-14-18-12-19(24)13-23(18)17-6-4-5-16(11-17)15-7-9-22-10-8-15/h4-11,18-19H,12-14H2,1-3H3/t18-,19+/m0/s1. The van der Waals surface area contributed by atoms with Crippen LogP contribution in [-0.2, 0) is 4.74 Å². The first-order valence-corrected chi connectivity index (χ1v) is 9.17. The second-order valence-electron chi connectivity index (χ2n) is 8.11. The third-order valence-corrected chi connectivity index (χ3v) is 5.06. The molecule has 5 nitrogen and oxygen atoms in total. The van der Waals surface area contributed by atoms with E-state index in [2.05, 4.69) is 34.1 Å². The summed E-state index contributed by atoms with van der Waals surface area (Å²) in [6, 6.07) is 13.3. The number of carbonyl (C=O) groups excluding carboxylic acids is 1. The lowest BCUT2D eigenvalue weighted by Gasteiger charge is -2.36. The van der Waals surface area contributed by atoms with Gasteiger partial charge in [0.05, 0.1) is 6.04 Å². The van der Waals surface area contributed by atoms with Gasteiger partial charge in [-0.15, -0.1) is 0 Å². The number of amides is 1. The third kappa shape index (κ3) is 3.26. The number of nitrogens with zero attached hydrogens (tertiary/aromatic N) is 3. The van der Waals surface area contributed by atoms with E-state index in [-0.39, 0.29) is 12.1 Å². The van der Waals surface area contributed by atoms with Crippen molar-refractivity contribution in [1.82, 2.24) is 9.88 Å². The van der Waals surface area contributed by atoms with Crippen molar-refractivity contribution in [3.63, 3.8) is 0 Å². The monoisotopic (exact) mass is 351 g/mol. The summed E-state index contributed by atoms with van der Waals surface area (Å²) in [5.74, 6) is 0. The molecule has 2 aromatic rings. The fraction of sp³-hybridized carbons (Fsp3) is 0.429. The van der Waals surface area contributed by atoms with Crippen LogP contribution in [0.2, 0.25) is 0 Å². The summed E-state index contributed by atoms with van der Waals surface area (Å²) in [6.45, 7) is 7.34. The van der Waals surface area contributed by atoms with E-state index < -0.39 is 5.60 Å². The van der Waals surface area contributed by atoms with Gasteiger partial charge in [0.1, 0.15) is 5.60 Å². The van der Waals surface area contributed by atoms with Crippen LogP contribution >= 0.6 is 0 Å². The molecule has 0 radical (unpaired) electrons. The number of aromatic nitrogens is 1. The molecule has 0 aliphatic carbocycles. The number of carbonyl (C=O) groups is 1. The van der Waals surface area contributed by atoms with Gasteiger partial charge in [0.2, 0.25) is 0 Å². The van der Waals surface area contributed by atoms with E-state index in [9.17, 15) is 4.79 Å². The molecule has 1 aromatic heterocycles. The fourth-order valence-corrected chi connectivity index (χ4v) is 3.94. The minimum atomic E-state index is -0.447. The Morgan fingerprint density at radius 2 is 1.85 bits per heavy atom. The molecule has 0 unspecified atom stereocenters. The normalized spacial score (nSPS) is 22.0. The molecule has 1 amide bonds. The van der Waals surface area contributed by atoms with E-state index in [4.69, 9.17) is 4.74 Å². The molecule has 3 heterocycles. The van der Waals surface area contributed by atoms with E-state index in [1.165, 1.54) is 16.8 Å². The molecule has 2 bridgehead atoms. The van der Waals surface area contributed by atoms with E-state index in [1.807, 2.05) is 50.2 Å². The van der Waals surface area contributed by atoms with Crippen LogP contribution in [0.5, 0.6) is 0 Å². The van der Waals surface area contributed by atoms with Crippen molar-refractivity contribution in [1.29, 1.82) is 0 Å². The van der Waals surface area contributed by atoms with E-state index in [1.54, 1.807) is 0 Å². The highest BCUT2D eigenvalue weighted by Crippen LogP contribution is 2.36. The van der Waals surface area contributed by atoms with Crippen LogP contribution in [-0.4, -0.2) is 46.8 Å². The molecule has 2 aliphatic heterocycles. The largest absolute Gasteiger partial charge is 0.444 e. The Kier molecular flexibility index (Phi) is 4.10. The van der Waals surface area contributed by atoms with Crippen molar-refractivity contribution in [2.24, 2.45) is 0 Å². The number of anilines is 1. The summed E-state index contributed by atoms with van der Waals surface area (Å²) in [5, 5.41) is 0. The first kappa shape index (κ1) is 16.9. The van der Waals surface area contributed by atoms with E-state index in [0.29, 0.717) is 6.04 Å². The minimum Gasteiger partial charge on any atom is -0.444 e. The molecular formula is C21H25N3O2. The van der Waals surface area contributed by atoms with Gasteiger partial charge in [0.15, 0.2) is 0 Å². The smallest absolute Gasteiger partial charge is 0.410 e. The van der Waals surface area contributed by atoms with Crippen LogP contribution in [0.1, 0.15) is 27.2 Å². The lowest BCUT2D eigenvalue weighted by atomic mass is 10.1. The topological polar surface area (TPSA) is 45.7 Å². The first-order chi connectivity index (χ1) is 12.4. The SMILES string of the molecule is CC(C)(C)OC(=O)N1C[C@@H]2C[C@@H]1CN2c1cccc(-c2ccncc2)c1. The zero-order valence-electron chi connectivity index (χ0n) is 15.6. The second-order valence-corrected chi connectivity index (χ2v) is 8.11. The Morgan fingerprint density at radius 1 is 1.08 bits per heavy atom. The molecule has 0 N–H and O–H groups in total. The highest BCUT2D eigenvalue weighted by Gasteiger charge is 2.46. The Morgan fingerprint density at radius 3 is 2.50 bits per heavy atom. The van der Waals surface area contributed by atoms with Crippen molar-refractivity contribution >= 4 is 11.8 Å². The number of ether oxygens (including phenoxy) is 1. The molecule has 5 heteroatoms. The maximum Gasteiger partial charge on any atom is 0.410 e. The molecule has 26 heavy (non-hydrogen) atoms. The highest BCUT2D eigenvalue weighted by molar-refractivity contribution is 5.72. The van der Waals surface area contributed by atoms with Crippen LogP contribution in [0.25, 0.3) is 11.1 Å². The Labute approximate surface area is 154 Å². The summed E-state index contributed by atoms with van der Waals surface area (Å²) in [7, 11) is 0. The lowest BCUT2D eigenvalue weighted by molar-refractivity contribution is 0.0215. The van der Waals surface area contributed by atoms with Gasteiger partial charge in [-0.1, -0.05) is 12.1 Å². The lowest BCUT2D eigenvalue weighted by Crippen LogP contribution is -2.50. The average molecular weight is 351 g/mol. The van der Waals surface area contributed by atoms with Crippen molar-refractivity contribution in [3.8, 4) is 11.1 Å². The molecule has 0 spiro atoms. The van der Waals surface area contributed by atoms with Crippen LogP contribution < -0.4 is 4.90 Å². The van der Waals surface area contributed by atoms with Gasteiger partial charge in [-0.3, -0.25) is 4.98 Å². The van der Waals surface area contributed by atoms with Gasteiger partial charge in [-0.25, -0.2) is 4.79 Å². The highest BCUT2D eigenvalue weighted by atomic mass is 16.6. The predicted molar refractivity (Wildman–Crippen MR) is 102 cm³/mol. The zero-order chi connectivity index (χ0) is 18.3. The molecule has 136 valence electrons. The van der Waals surface area contributed by atoms with E-state index in [0.717, 1.165) is 19.5 Å². The van der Waals surface area contributed by atoms with Gasteiger partial charge in [0.25, 0.3) is 0 Å². The number of likely N-dealkylation sites (tertiary alicyclic amines) is 1. The number of benzene rings is 1. The molecule has 4 rings (SSSR count). The number of rotatable bonds is 2.